The molecule has 8 nitrogen and oxygen atoms in total. The summed E-state index contributed by atoms with van der Waals surface area (Å²) in [5.74, 6) is -5.56. The van der Waals surface area contributed by atoms with Crippen molar-refractivity contribution in [2.75, 3.05) is 7.11 Å². The van der Waals surface area contributed by atoms with Gasteiger partial charge < -0.3 is 25.2 Å². The zero-order chi connectivity index (χ0) is 25.2. The molecule has 0 heterocycles. The Kier molecular flexibility index (Phi) is 7.95. The molecule has 0 amide bonds. The van der Waals surface area contributed by atoms with Crippen LogP contribution in [0.1, 0.15) is 68.4 Å². The molecule has 1 aliphatic carbocycles. The number of hydrogen-bond donors (Lipinski definition) is 4. The van der Waals surface area contributed by atoms with Crippen molar-refractivity contribution in [1.29, 1.82) is 0 Å². The molecule has 1 aromatic rings. The lowest BCUT2D eigenvalue weighted by molar-refractivity contribution is -0.129. The van der Waals surface area contributed by atoms with Crippen LogP contribution in [0.25, 0.3) is 0 Å². The number of carbonyl (C=O) groups is 3. The third-order valence-corrected chi connectivity index (χ3v) is 6.28. The van der Waals surface area contributed by atoms with E-state index in [0.717, 1.165) is 0 Å². The van der Waals surface area contributed by atoms with E-state index >= 15 is 0 Å². The van der Waals surface area contributed by atoms with Crippen LogP contribution in [0.2, 0.25) is 0 Å². The third-order valence-electron chi connectivity index (χ3n) is 6.28. The molecule has 180 valence electrons. The van der Waals surface area contributed by atoms with Gasteiger partial charge in [0.1, 0.15) is 34.3 Å². The first-order valence-electron chi connectivity index (χ1n) is 11.0. The fourth-order valence-electron chi connectivity index (χ4n) is 4.00. The normalized spacial score (nSPS) is 19.0. The Morgan fingerprint density at radius 3 is 2.18 bits per heavy atom. The molecule has 0 radical (unpaired) electrons. The summed E-state index contributed by atoms with van der Waals surface area (Å²) >= 11 is 0. The highest BCUT2D eigenvalue weighted by Gasteiger charge is 2.42. The predicted molar refractivity (Wildman–Crippen MR) is 122 cm³/mol. The van der Waals surface area contributed by atoms with E-state index in [2.05, 4.69) is 0 Å². The van der Waals surface area contributed by atoms with Gasteiger partial charge >= 0.3 is 0 Å². The second kappa shape index (κ2) is 10.1. The number of carbonyl (C=O) groups excluding carboxylic acids is 3. The molecule has 0 saturated carbocycles. The zero-order valence-corrected chi connectivity index (χ0v) is 19.9. The van der Waals surface area contributed by atoms with Crippen molar-refractivity contribution < 1.29 is 39.5 Å². The van der Waals surface area contributed by atoms with Crippen LogP contribution in [0.4, 0.5) is 0 Å². The van der Waals surface area contributed by atoms with Crippen molar-refractivity contribution in [3.63, 3.8) is 0 Å². The summed E-state index contributed by atoms with van der Waals surface area (Å²) in [4.78, 5) is 38.8. The first-order valence-corrected chi connectivity index (χ1v) is 11.0. The fourth-order valence-corrected chi connectivity index (χ4v) is 4.00. The van der Waals surface area contributed by atoms with Crippen LogP contribution in [0.3, 0.4) is 0 Å². The van der Waals surface area contributed by atoms with Gasteiger partial charge in [0, 0.05) is 29.0 Å². The third kappa shape index (κ3) is 4.47. The van der Waals surface area contributed by atoms with Gasteiger partial charge in [0.25, 0.3) is 0 Å². The van der Waals surface area contributed by atoms with Gasteiger partial charge in [-0.15, -0.1) is 0 Å². The maximum absolute atomic E-state index is 13.2. The van der Waals surface area contributed by atoms with Crippen molar-refractivity contribution in [2.24, 2.45) is 11.8 Å². The average molecular weight is 461 g/mol. The predicted octanol–water partition coefficient (Wildman–Crippen LogP) is 4.40. The number of methoxy groups -OCH3 is 1. The maximum atomic E-state index is 13.2. The highest BCUT2D eigenvalue weighted by Crippen LogP contribution is 2.45. The Morgan fingerprint density at radius 1 is 1.06 bits per heavy atom. The van der Waals surface area contributed by atoms with Gasteiger partial charge in [0.05, 0.1) is 18.6 Å². The molecule has 1 aliphatic rings. The van der Waals surface area contributed by atoms with E-state index in [1.165, 1.54) is 21.0 Å². The van der Waals surface area contributed by atoms with Gasteiger partial charge in [-0.2, -0.15) is 0 Å². The molecule has 2 unspecified atom stereocenters. The Labute approximate surface area is 193 Å². The number of phenols is 2. The lowest BCUT2D eigenvalue weighted by atomic mass is 9.77. The second-order valence-electron chi connectivity index (χ2n) is 8.41. The van der Waals surface area contributed by atoms with Crippen molar-refractivity contribution in [2.45, 2.75) is 60.3 Å². The topological polar surface area (TPSA) is 141 Å². The standard InChI is InChI=1S/C25H32O8/c1-7-9-16(26)17-23(31)15(21(29)13(5)25(17)33-6)10-14-20(28)12(4)22(30)18(24(14)32)19(27)11(3)8-2/h11,14,27,29-31H,7-10H2,1-6H3/b19-18+. The smallest absolute Gasteiger partial charge is 0.181 e. The van der Waals surface area contributed by atoms with E-state index in [9.17, 15) is 34.8 Å². The van der Waals surface area contributed by atoms with Crippen LogP contribution in [0.15, 0.2) is 22.7 Å². The maximum Gasteiger partial charge on any atom is 0.181 e. The number of phenolic OH excluding ortho intramolecular Hbond substituents is 2. The SMILES string of the molecule is CCCC(=O)c1c(O)c(CC2C(=O)C(C)=C(O)/C(=C(\O)C(C)CC)C2=O)c(O)c(C)c1OC. The van der Waals surface area contributed by atoms with Crippen LogP contribution in [0, 0.1) is 18.8 Å². The van der Waals surface area contributed by atoms with Gasteiger partial charge in [0.15, 0.2) is 17.3 Å². The quantitative estimate of drug-likeness (QED) is 0.194. The molecule has 0 aliphatic heterocycles. The summed E-state index contributed by atoms with van der Waals surface area (Å²) < 4.78 is 5.26. The van der Waals surface area contributed by atoms with Crippen LogP contribution < -0.4 is 4.74 Å². The summed E-state index contributed by atoms with van der Waals surface area (Å²) in [7, 11) is 1.31. The van der Waals surface area contributed by atoms with E-state index in [4.69, 9.17) is 4.74 Å². The highest BCUT2D eigenvalue weighted by molar-refractivity contribution is 6.21. The first-order chi connectivity index (χ1) is 15.4. The van der Waals surface area contributed by atoms with Gasteiger partial charge in [0.2, 0.25) is 0 Å². The molecule has 0 aromatic heterocycles. The Hall–Kier alpha value is -3.29. The van der Waals surface area contributed by atoms with Crippen LogP contribution in [-0.4, -0.2) is 44.9 Å². The molecule has 0 spiro atoms. The number of allylic oxidation sites excluding steroid dienone is 3. The van der Waals surface area contributed by atoms with Gasteiger partial charge in [-0.25, -0.2) is 0 Å². The van der Waals surface area contributed by atoms with Crippen molar-refractivity contribution in [3.8, 4) is 17.2 Å². The van der Waals surface area contributed by atoms with Crippen LogP contribution >= 0.6 is 0 Å². The van der Waals surface area contributed by atoms with E-state index in [0.29, 0.717) is 12.8 Å². The number of benzene rings is 1. The minimum atomic E-state index is -1.40. The molecule has 8 heteroatoms. The average Bonchev–Trinajstić information content (AvgIpc) is 2.78. The molecular formula is C25H32O8. The molecule has 0 bridgehead atoms. The van der Waals surface area contributed by atoms with Gasteiger partial charge in [-0.3, -0.25) is 14.4 Å². The molecular weight excluding hydrogens is 428 g/mol. The second-order valence-corrected chi connectivity index (χ2v) is 8.41. The first kappa shape index (κ1) is 26.0. The number of aliphatic hydroxyl groups is 2. The summed E-state index contributed by atoms with van der Waals surface area (Å²) in [5, 5.41) is 42.7. The molecule has 0 saturated heterocycles. The molecule has 33 heavy (non-hydrogen) atoms. The van der Waals surface area contributed by atoms with Crippen molar-refractivity contribution >= 4 is 17.3 Å². The van der Waals surface area contributed by atoms with E-state index in [1.807, 2.05) is 0 Å². The zero-order valence-electron chi connectivity index (χ0n) is 19.9. The number of hydrogen-bond acceptors (Lipinski definition) is 8. The number of rotatable bonds is 8. The largest absolute Gasteiger partial charge is 0.511 e. The summed E-state index contributed by atoms with van der Waals surface area (Å²) in [6.45, 7) is 8.13. The Balaban J connectivity index is 2.71. The molecule has 4 N–H and O–H groups in total. The Bertz CT molecular complexity index is 1060. The van der Waals surface area contributed by atoms with E-state index in [1.54, 1.807) is 20.8 Å². The minimum absolute atomic E-state index is 0.0252. The lowest BCUT2D eigenvalue weighted by Crippen LogP contribution is -2.35. The number of aliphatic hydroxyl groups excluding tert-OH is 2. The Morgan fingerprint density at radius 2 is 1.67 bits per heavy atom. The monoisotopic (exact) mass is 460 g/mol. The summed E-state index contributed by atoms with van der Waals surface area (Å²) in [5.41, 5.74) is -0.507. The van der Waals surface area contributed by atoms with Gasteiger partial charge in [-0.05, 0) is 33.1 Å². The summed E-state index contributed by atoms with van der Waals surface area (Å²) in [6, 6.07) is 0. The molecule has 2 rings (SSSR count). The fraction of sp³-hybridized carbons (Fsp3) is 0.480. The molecule has 1 aromatic carbocycles. The minimum Gasteiger partial charge on any atom is -0.511 e. The lowest BCUT2D eigenvalue weighted by Gasteiger charge is -2.26. The van der Waals surface area contributed by atoms with Crippen molar-refractivity contribution in [3.05, 3.63) is 39.4 Å². The number of aromatic hydroxyl groups is 2. The number of ketones is 3. The van der Waals surface area contributed by atoms with Crippen molar-refractivity contribution in [1.82, 2.24) is 0 Å². The molecule has 0 fully saturated rings. The highest BCUT2D eigenvalue weighted by atomic mass is 16.5. The summed E-state index contributed by atoms with van der Waals surface area (Å²) in [6.07, 6.45) is 0.715. The molecule has 2 atom stereocenters. The number of ether oxygens (including phenoxy) is 1. The van der Waals surface area contributed by atoms with Gasteiger partial charge in [-0.1, -0.05) is 20.8 Å². The van der Waals surface area contributed by atoms with Crippen LogP contribution in [-0.2, 0) is 16.0 Å². The number of Topliss-reactive ketones (excluding diaryl/α,β-unsaturated/α-hetero) is 3. The van der Waals surface area contributed by atoms with E-state index in [-0.39, 0.29) is 45.8 Å². The van der Waals surface area contributed by atoms with Crippen LogP contribution in [0.5, 0.6) is 17.2 Å². The van der Waals surface area contributed by atoms with E-state index < -0.39 is 52.9 Å².